The number of benzene rings is 1. The highest BCUT2D eigenvalue weighted by atomic mass is 16.3. The molecule has 124 valence electrons. The second kappa shape index (κ2) is 6.75. The molecule has 0 bridgehead atoms. The molecule has 2 N–H and O–H groups in total. The van der Waals surface area contributed by atoms with Crippen LogP contribution >= 0.6 is 0 Å². The van der Waals surface area contributed by atoms with Gasteiger partial charge in [0.25, 0.3) is 0 Å². The highest BCUT2D eigenvalue weighted by molar-refractivity contribution is 5.81. The first kappa shape index (κ1) is 16.1. The standard InChI is InChI=1S/C19H26N2O2/c1-3-10-21(19(22)15-8-9-16(20)11-15)13(2)18-12-14-6-4-5-7-17(14)23-18/h4-7,12-13,15-16H,3,8-11,20H2,1-2H3. The number of nitrogens with two attached hydrogens (primary N) is 1. The summed E-state index contributed by atoms with van der Waals surface area (Å²) in [4.78, 5) is 14.9. The van der Waals surface area contributed by atoms with Gasteiger partial charge in [-0.1, -0.05) is 25.1 Å². The van der Waals surface area contributed by atoms with Crippen molar-refractivity contribution in [3.8, 4) is 0 Å². The first-order chi connectivity index (χ1) is 11.1. The van der Waals surface area contributed by atoms with Crippen LogP contribution < -0.4 is 5.73 Å². The number of hydrogen-bond donors (Lipinski definition) is 1. The number of carbonyl (C=O) groups excluding carboxylic acids is 1. The van der Waals surface area contributed by atoms with Crippen molar-refractivity contribution in [1.29, 1.82) is 0 Å². The Kier molecular flexibility index (Phi) is 4.71. The third kappa shape index (κ3) is 3.27. The Morgan fingerprint density at radius 1 is 1.39 bits per heavy atom. The van der Waals surface area contributed by atoms with E-state index in [2.05, 4.69) is 19.9 Å². The molecule has 2 aromatic rings. The lowest BCUT2D eigenvalue weighted by Crippen LogP contribution is -2.38. The first-order valence-electron chi connectivity index (χ1n) is 8.64. The third-order valence-electron chi connectivity index (χ3n) is 4.89. The molecular formula is C19H26N2O2. The van der Waals surface area contributed by atoms with Crippen LogP contribution in [0.25, 0.3) is 11.0 Å². The minimum absolute atomic E-state index is 0.0494. The number of furan rings is 1. The Bertz CT molecular complexity index is 646. The van der Waals surface area contributed by atoms with Crippen LogP contribution in [0, 0.1) is 5.92 Å². The van der Waals surface area contributed by atoms with Crippen molar-refractivity contribution in [3.63, 3.8) is 0 Å². The predicted molar refractivity (Wildman–Crippen MR) is 91.9 cm³/mol. The van der Waals surface area contributed by atoms with Gasteiger partial charge in [-0.05, 0) is 44.7 Å². The molecule has 0 spiro atoms. The normalized spacial score (nSPS) is 22.4. The lowest BCUT2D eigenvalue weighted by atomic mass is 10.0. The number of rotatable bonds is 5. The van der Waals surface area contributed by atoms with E-state index in [9.17, 15) is 4.79 Å². The lowest BCUT2D eigenvalue weighted by molar-refractivity contribution is -0.138. The van der Waals surface area contributed by atoms with Crippen molar-refractivity contribution in [1.82, 2.24) is 4.90 Å². The maximum Gasteiger partial charge on any atom is 0.226 e. The van der Waals surface area contributed by atoms with E-state index >= 15 is 0 Å². The Hall–Kier alpha value is -1.81. The number of amides is 1. The molecule has 3 atom stereocenters. The van der Waals surface area contributed by atoms with E-state index in [1.807, 2.05) is 29.2 Å². The van der Waals surface area contributed by atoms with Crippen molar-refractivity contribution >= 4 is 16.9 Å². The van der Waals surface area contributed by atoms with E-state index in [4.69, 9.17) is 10.2 Å². The van der Waals surface area contributed by atoms with Crippen molar-refractivity contribution in [2.75, 3.05) is 6.54 Å². The van der Waals surface area contributed by atoms with Crippen LogP contribution in [0.3, 0.4) is 0 Å². The molecule has 0 saturated heterocycles. The summed E-state index contributed by atoms with van der Waals surface area (Å²) in [5, 5.41) is 1.08. The fourth-order valence-corrected chi connectivity index (χ4v) is 3.57. The van der Waals surface area contributed by atoms with Crippen LogP contribution in [0.15, 0.2) is 34.7 Å². The highest BCUT2D eigenvalue weighted by Crippen LogP contribution is 2.32. The van der Waals surface area contributed by atoms with Gasteiger partial charge in [0.2, 0.25) is 5.91 Å². The summed E-state index contributed by atoms with van der Waals surface area (Å²) in [6.45, 7) is 4.91. The molecule has 1 fully saturated rings. The zero-order valence-corrected chi connectivity index (χ0v) is 14.0. The molecule has 0 aliphatic heterocycles. The summed E-state index contributed by atoms with van der Waals surface area (Å²) in [6, 6.07) is 10.2. The minimum atomic E-state index is -0.0494. The Labute approximate surface area is 137 Å². The van der Waals surface area contributed by atoms with Crippen molar-refractivity contribution < 1.29 is 9.21 Å². The van der Waals surface area contributed by atoms with Crippen LogP contribution in [-0.4, -0.2) is 23.4 Å². The van der Waals surface area contributed by atoms with Crippen LogP contribution in [-0.2, 0) is 4.79 Å². The summed E-state index contributed by atoms with van der Waals surface area (Å²) in [5.41, 5.74) is 6.86. The number of fused-ring (bicyclic) bond motifs is 1. The summed E-state index contributed by atoms with van der Waals surface area (Å²) in [5.74, 6) is 1.16. The fourth-order valence-electron chi connectivity index (χ4n) is 3.57. The fraction of sp³-hybridized carbons (Fsp3) is 0.526. The topological polar surface area (TPSA) is 59.5 Å². The van der Waals surface area contributed by atoms with Gasteiger partial charge in [0, 0.05) is 23.9 Å². The van der Waals surface area contributed by atoms with E-state index in [1.165, 1.54) is 0 Å². The van der Waals surface area contributed by atoms with Gasteiger partial charge in [-0.25, -0.2) is 0 Å². The minimum Gasteiger partial charge on any atom is -0.459 e. The summed E-state index contributed by atoms with van der Waals surface area (Å²) in [6.07, 6.45) is 3.61. The van der Waals surface area contributed by atoms with Gasteiger partial charge in [0.15, 0.2) is 0 Å². The molecule has 1 aromatic carbocycles. The molecule has 1 heterocycles. The van der Waals surface area contributed by atoms with E-state index in [-0.39, 0.29) is 23.9 Å². The Balaban J connectivity index is 1.83. The van der Waals surface area contributed by atoms with Gasteiger partial charge in [-0.3, -0.25) is 4.79 Å². The van der Waals surface area contributed by atoms with Gasteiger partial charge < -0.3 is 15.1 Å². The average Bonchev–Trinajstić information content (AvgIpc) is 3.17. The van der Waals surface area contributed by atoms with Gasteiger partial charge in [0.05, 0.1) is 6.04 Å². The van der Waals surface area contributed by atoms with Crippen molar-refractivity contribution in [2.24, 2.45) is 11.7 Å². The number of carbonyl (C=O) groups is 1. The lowest BCUT2D eigenvalue weighted by Gasteiger charge is -2.30. The average molecular weight is 314 g/mol. The van der Waals surface area contributed by atoms with E-state index in [1.54, 1.807) is 0 Å². The molecule has 1 aliphatic rings. The van der Waals surface area contributed by atoms with Gasteiger partial charge in [-0.15, -0.1) is 0 Å². The van der Waals surface area contributed by atoms with Gasteiger partial charge >= 0.3 is 0 Å². The number of nitrogens with zero attached hydrogens (tertiary/aromatic N) is 1. The maximum absolute atomic E-state index is 12.9. The molecule has 23 heavy (non-hydrogen) atoms. The van der Waals surface area contributed by atoms with Crippen molar-refractivity contribution in [3.05, 3.63) is 36.1 Å². The number of hydrogen-bond acceptors (Lipinski definition) is 3. The molecular weight excluding hydrogens is 288 g/mol. The SMILES string of the molecule is CCCN(C(=O)C1CCC(N)C1)C(C)c1cc2ccccc2o1. The summed E-state index contributed by atoms with van der Waals surface area (Å²) < 4.78 is 5.97. The smallest absolute Gasteiger partial charge is 0.226 e. The molecule has 3 rings (SSSR count). The summed E-state index contributed by atoms with van der Waals surface area (Å²) >= 11 is 0. The predicted octanol–water partition coefficient (Wildman–Crippen LogP) is 3.86. The molecule has 4 heteroatoms. The Morgan fingerprint density at radius 2 is 2.17 bits per heavy atom. The van der Waals surface area contributed by atoms with E-state index in [0.717, 1.165) is 49.0 Å². The van der Waals surface area contributed by atoms with Crippen LogP contribution in [0.1, 0.15) is 51.3 Å². The second-order valence-electron chi connectivity index (χ2n) is 6.66. The largest absolute Gasteiger partial charge is 0.459 e. The zero-order valence-electron chi connectivity index (χ0n) is 14.0. The number of para-hydroxylation sites is 1. The van der Waals surface area contributed by atoms with Crippen LogP contribution in [0.4, 0.5) is 0 Å². The molecule has 1 saturated carbocycles. The van der Waals surface area contributed by atoms with Gasteiger partial charge in [0.1, 0.15) is 11.3 Å². The second-order valence-corrected chi connectivity index (χ2v) is 6.66. The van der Waals surface area contributed by atoms with Crippen LogP contribution in [0.5, 0.6) is 0 Å². The molecule has 3 unspecified atom stereocenters. The quantitative estimate of drug-likeness (QED) is 0.911. The molecule has 1 aliphatic carbocycles. The Morgan fingerprint density at radius 3 is 2.83 bits per heavy atom. The van der Waals surface area contributed by atoms with Crippen molar-refractivity contribution in [2.45, 2.75) is 51.6 Å². The highest BCUT2D eigenvalue weighted by Gasteiger charge is 2.33. The van der Waals surface area contributed by atoms with Gasteiger partial charge in [-0.2, -0.15) is 0 Å². The maximum atomic E-state index is 12.9. The molecule has 1 amide bonds. The first-order valence-corrected chi connectivity index (χ1v) is 8.64. The van der Waals surface area contributed by atoms with E-state index < -0.39 is 0 Å². The molecule has 0 radical (unpaired) electrons. The van der Waals surface area contributed by atoms with E-state index in [0.29, 0.717) is 0 Å². The molecule has 1 aromatic heterocycles. The van der Waals surface area contributed by atoms with Crippen LogP contribution in [0.2, 0.25) is 0 Å². The monoisotopic (exact) mass is 314 g/mol. The third-order valence-corrected chi connectivity index (χ3v) is 4.89. The zero-order chi connectivity index (χ0) is 16.4. The summed E-state index contributed by atoms with van der Waals surface area (Å²) in [7, 11) is 0. The molecule has 4 nitrogen and oxygen atoms in total.